The van der Waals surface area contributed by atoms with Gasteiger partial charge in [0.1, 0.15) is 11.5 Å². The lowest BCUT2D eigenvalue weighted by Gasteiger charge is -2.05. The molecule has 0 N–H and O–H groups in total. The minimum atomic E-state index is 0.183. The van der Waals surface area contributed by atoms with Crippen molar-refractivity contribution in [1.29, 1.82) is 0 Å². The van der Waals surface area contributed by atoms with E-state index >= 15 is 0 Å². The van der Waals surface area contributed by atoms with E-state index in [-0.39, 0.29) is 6.61 Å². The van der Waals surface area contributed by atoms with Gasteiger partial charge in [-0.1, -0.05) is 0 Å². The molecule has 0 aliphatic carbocycles. The van der Waals surface area contributed by atoms with Crippen LogP contribution in [0.25, 0.3) is 11.7 Å². The molecule has 0 fully saturated rings. The van der Waals surface area contributed by atoms with E-state index in [0.717, 1.165) is 5.75 Å². The lowest BCUT2D eigenvalue weighted by molar-refractivity contribution is 0.263. The molecule has 2 heterocycles. The van der Waals surface area contributed by atoms with Crippen LogP contribution in [0.5, 0.6) is 11.5 Å². The number of halogens is 1. The van der Waals surface area contributed by atoms with E-state index in [2.05, 4.69) is 26.1 Å². The molecule has 0 aliphatic rings. The topological polar surface area (TPSA) is 70.5 Å². The van der Waals surface area contributed by atoms with Gasteiger partial charge in [-0.25, -0.2) is 0 Å². The first-order valence-corrected chi connectivity index (χ1v) is 7.47. The molecule has 0 amide bonds. The second kappa shape index (κ2) is 6.65. The summed E-state index contributed by atoms with van der Waals surface area (Å²) in [6, 6.07) is 10.8. The number of furan rings is 1. The van der Waals surface area contributed by atoms with Crippen LogP contribution in [-0.2, 0) is 6.61 Å². The number of rotatable bonds is 6. The number of aromatic nitrogens is 2. The van der Waals surface area contributed by atoms with Crippen molar-refractivity contribution in [3.8, 4) is 23.1 Å². The predicted molar refractivity (Wildman–Crippen MR) is 81.6 cm³/mol. The molecule has 3 rings (SSSR count). The second-order valence-corrected chi connectivity index (χ2v) is 5.08. The van der Waals surface area contributed by atoms with Crippen molar-refractivity contribution in [3.63, 3.8) is 0 Å². The number of ether oxygens (including phenoxy) is 2. The molecular formula is C15H13BrN2O4. The number of benzene rings is 1. The minimum Gasteiger partial charge on any atom is -0.494 e. The molecule has 22 heavy (non-hydrogen) atoms. The van der Waals surface area contributed by atoms with E-state index in [1.165, 1.54) is 0 Å². The quantitative estimate of drug-likeness (QED) is 0.656. The Kier molecular flexibility index (Phi) is 4.43. The van der Waals surface area contributed by atoms with Crippen LogP contribution in [0.4, 0.5) is 0 Å². The standard InChI is InChI=1S/C15H13BrN2O4/c1-2-19-10-3-5-11(6-4-10)20-9-14-17-18-15(22-14)12-7-8-13(16)21-12/h3-8H,2,9H2,1H3. The van der Waals surface area contributed by atoms with Gasteiger partial charge in [0, 0.05) is 0 Å². The van der Waals surface area contributed by atoms with Gasteiger partial charge in [0.15, 0.2) is 17.0 Å². The van der Waals surface area contributed by atoms with E-state index in [9.17, 15) is 0 Å². The summed E-state index contributed by atoms with van der Waals surface area (Å²) in [6.45, 7) is 2.76. The molecule has 0 atom stereocenters. The van der Waals surface area contributed by atoms with Gasteiger partial charge >= 0.3 is 0 Å². The average Bonchev–Trinajstić information content (AvgIpc) is 3.16. The van der Waals surface area contributed by atoms with Gasteiger partial charge in [0.05, 0.1) is 6.61 Å². The van der Waals surface area contributed by atoms with Crippen molar-refractivity contribution < 1.29 is 18.3 Å². The molecule has 0 aliphatic heterocycles. The smallest absolute Gasteiger partial charge is 0.283 e. The molecule has 0 saturated carbocycles. The molecule has 0 bridgehead atoms. The highest BCUT2D eigenvalue weighted by Crippen LogP contribution is 2.24. The largest absolute Gasteiger partial charge is 0.494 e. The Morgan fingerprint density at radius 2 is 1.68 bits per heavy atom. The van der Waals surface area contributed by atoms with Crippen molar-refractivity contribution in [2.24, 2.45) is 0 Å². The Balaban J connectivity index is 1.61. The van der Waals surface area contributed by atoms with Gasteiger partial charge in [-0.15, -0.1) is 10.2 Å². The Labute approximate surface area is 135 Å². The molecule has 0 unspecified atom stereocenters. The molecule has 6 nitrogen and oxygen atoms in total. The fourth-order valence-electron chi connectivity index (χ4n) is 1.78. The molecule has 114 valence electrons. The van der Waals surface area contributed by atoms with Gasteiger partial charge in [-0.3, -0.25) is 0 Å². The zero-order valence-corrected chi connectivity index (χ0v) is 13.4. The zero-order chi connectivity index (χ0) is 15.4. The third-order valence-electron chi connectivity index (χ3n) is 2.75. The first-order valence-electron chi connectivity index (χ1n) is 6.68. The maximum atomic E-state index is 5.59. The summed E-state index contributed by atoms with van der Waals surface area (Å²) in [4.78, 5) is 0. The fourth-order valence-corrected chi connectivity index (χ4v) is 2.09. The van der Waals surface area contributed by atoms with E-state index in [4.69, 9.17) is 18.3 Å². The first kappa shape index (κ1) is 14.6. The van der Waals surface area contributed by atoms with E-state index < -0.39 is 0 Å². The van der Waals surface area contributed by atoms with Crippen LogP contribution in [0.1, 0.15) is 12.8 Å². The number of nitrogens with zero attached hydrogens (tertiary/aromatic N) is 2. The molecule has 2 aromatic heterocycles. The normalized spacial score (nSPS) is 10.6. The monoisotopic (exact) mass is 364 g/mol. The Morgan fingerprint density at radius 1 is 0.955 bits per heavy atom. The minimum absolute atomic E-state index is 0.183. The highest BCUT2D eigenvalue weighted by Gasteiger charge is 2.12. The van der Waals surface area contributed by atoms with Crippen LogP contribution in [0.15, 0.2) is 49.9 Å². The molecule has 0 spiro atoms. The maximum absolute atomic E-state index is 5.59. The van der Waals surface area contributed by atoms with Crippen LogP contribution in [0.3, 0.4) is 0 Å². The number of hydrogen-bond acceptors (Lipinski definition) is 6. The summed E-state index contributed by atoms with van der Waals surface area (Å²) in [5, 5.41) is 7.84. The van der Waals surface area contributed by atoms with Crippen molar-refractivity contribution in [1.82, 2.24) is 10.2 Å². The Morgan fingerprint density at radius 3 is 2.32 bits per heavy atom. The summed E-state index contributed by atoms with van der Waals surface area (Å²) in [7, 11) is 0. The fraction of sp³-hybridized carbons (Fsp3) is 0.200. The van der Waals surface area contributed by atoms with Crippen molar-refractivity contribution >= 4 is 15.9 Å². The molecule has 1 aromatic carbocycles. The van der Waals surface area contributed by atoms with Crippen LogP contribution < -0.4 is 9.47 Å². The lowest BCUT2D eigenvalue weighted by atomic mass is 10.3. The highest BCUT2D eigenvalue weighted by molar-refractivity contribution is 9.10. The molecule has 3 aromatic rings. The summed E-state index contributed by atoms with van der Waals surface area (Å²) in [5.74, 6) is 2.70. The van der Waals surface area contributed by atoms with Crippen LogP contribution in [-0.4, -0.2) is 16.8 Å². The van der Waals surface area contributed by atoms with Gasteiger partial charge in [0.2, 0.25) is 0 Å². The van der Waals surface area contributed by atoms with Crippen molar-refractivity contribution in [2.75, 3.05) is 6.61 Å². The Hall–Kier alpha value is -2.28. The molecule has 7 heteroatoms. The van der Waals surface area contributed by atoms with Crippen LogP contribution in [0.2, 0.25) is 0 Å². The first-order chi connectivity index (χ1) is 10.7. The molecule has 0 saturated heterocycles. The summed E-state index contributed by atoms with van der Waals surface area (Å²) < 4.78 is 22.4. The van der Waals surface area contributed by atoms with Crippen molar-refractivity contribution in [2.45, 2.75) is 13.5 Å². The number of hydrogen-bond donors (Lipinski definition) is 0. The van der Waals surface area contributed by atoms with Crippen molar-refractivity contribution in [3.05, 3.63) is 47.0 Å². The second-order valence-electron chi connectivity index (χ2n) is 4.30. The van der Waals surface area contributed by atoms with Gasteiger partial charge in [-0.05, 0) is 59.3 Å². The highest BCUT2D eigenvalue weighted by atomic mass is 79.9. The Bertz CT molecular complexity index is 736. The van der Waals surface area contributed by atoms with Gasteiger partial charge in [0.25, 0.3) is 11.8 Å². The summed E-state index contributed by atoms with van der Waals surface area (Å²) in [5.41, 5.74) is 0. The lowest BCUT2D eigenvalue weighted by Crippen LogP contribution is -1.96. The van der Waals surface area contributed by atoms with Crippen LogP contribution in [0, 0.1) is 0 Å². The van der Waals surface area contributed by atoms with Gasteiger partial charge in [-0.2, -0.15) is 0 Å². The maximum Gasteiger partial charge on any atom is 0.283 e. The molecule has 0 radical (unpaired) electrons. The van der Waals surface area contributed by atoms with E-state index in [0.29, 0.717) is 34.6 Å². The predicted octanol–water partition coefficient (Wildman–Crippen LogP) is 4.07. The summed E-state index contributed by atoms with van der Waals surface area (Å²) in [6.07, 6.45) is 0. The summed E-state index contributed by atoms with van der Waals surface area (Å²) >= 11 is 3.22. The molecular weight excluding hydrogens is 352 g/mol. The SMILES string of the molecule is CCOc1ccc(OCc2nnc(-c3ccc(Br)o3)o2)cc1. The third-order valence-corrected chi connectivity index (χ3v) is 3.17. The van der Waals surface area contributed by atoms with E-state index in [1.807, 2.05) is 31.2 Å². The van der Waals surface area contributed by atoms with E-state index in [1.54, 1.807) is 12.1 Å². The average molecular weight is 365 g/mol. The van der Waals surface area contributed by atoms with Gasteiger partial charge < -0.3 is 18.3 Å². The zero-order valence-electron chi connectivity index (χ0n) is 11.8. The third kappa shape index (κ3) is 3.48. The van der Waals surface area contributed by atoms with Crippen LogP contribution >= 0.6 is 15.9 Å².